The molecule has 1 amide bonds. The van der Waals surface area contributed by atoms with Crippen LogP contribution in [0.25, 0.3) is 0 Å². The van der Waals surface area contributed by atoms with E-state index in [1.165, 1.54) is 4.90 Å². The molecule has 0 aliphatic carbocycles. The molecule has 2 aliphatic heterocycles. The molecule has 2 saturated heterocycles. The average molecular weight is 301 g/mol. The van der Waals surface area contributed by atoms with E-state index >= 15 is 0 Å². The molecule has 0 radical (unpaired) electrons. The first-order valence-corrected chi connectivity index (χ1v) is 6.55. The van der Waals surface area contributed by atoms with Crippen LogP contribution in [0.1, 0.15) is 12.0 Å². The van der Waals surface area contributed by atoms with Crippen molar-refractivity contribution in [2.45, 2.75) is 18.1 Å². The van der Waals surface area contributed by atoms with Crippen molar-refractivity contribution < 1.29 is 18.0 Å². The molecule has 1 aromatic heterocycles. The highest BCUT2D eigenvalue weighted by atomic mass is 19.4. The van der Waals surface area contributed by atoms with E-state index in [-0.39, 0.29) is 18.1 Å². The summed E-state index contributed by atoms with van der Waals surface area (Å²) < 4.78 is 38.9. The van der Waals surface area contributed by atoms with Crippen LogP contribution in [0.2, 0.25) is 0 Å². The van der Waals surface area contributed by atoms with Crippen molar-refractivity contribution in [3.05, 3.63) is 17.8 Å². The summed E-state index contributed by atoms with van der Waals surface area (Å²) in [7, 11) is 0. The summed E-state index contributed by atoms with van der Waals surface area (Å²) in [5.74, 6) is -0.267. The fourth-order valence-electron chi connectivity index (χ4n) is 2.80. The Morgan fingerprint density at radius 3 is 2.76 bits per heavy atom. The normalized spacial score (nSPS) is 21.7. The molecule has 3 heterocycles. The van der Waals surface area contributed by atoms with E-state index in [4.69, 9.17) is 0 Å². The monoisotopic (exact) mass is 301 g/mol. The maximum Gasteiger partial charge on any atom is 0.420 e. The van der Waals surface area contributed by atoms with Crippen LogP contribution in [-0.2, 0) is 11.0 Å². The molecule has 3 rings (SSSR count). The van der Waals surface area contributed by atoms with Crippen molar-refractivity contribution in [2.75, 3.05) is 31.1 Å². The van der Waals surface area contributed by atoms with Gasteiger partial charge in [-0.3, -0.25) is 4.79 Å². The summed E-state index contributed by atoms with van der Waals surface area (Å²) in [4.78, 5) is 13.1. The summed E-state index contributed by atoms with van der Waals surface area (Å²) in [6, 6.07) is 0.917. The lowest BCUT2D eigenvalue weighted by Gasteiger charge is -2.50. The van der Waals surface area contributed by atoms with Gasteiger partial charge in [-0.2, -0.15) is 18.3 Å². The molecule has 6 nitrogen and oxygen atoms in total. The number of nitrogens with one attached hydrogen (secondary N) is 2. The van der Waals surface area contributed by atoms with Gasteiger partial charge in [-0.1, -0.05) is 0 Å². The lowest BCUT2D eigenvalue weighted by molar-refractivity contribution is -0.137. The third-order valence-corrected chi connectivity index (χ3v) is 3.74. The maximum atomic E-state index is 13.0. The number of carbonyl (C=O) groups is 1. The number of hydrogen-bond acceptors (Lipinski definition) is 5. The number of halogens is 3. The Morgan fingerprint density at radius 2 is 2.05 bits per heavy atom. The predicted molar refractivity (Wildman–Crippen MR) is 67.6 cm³/mol. The number of hydrogen-bond donors (Lipinski definition) is 2. The van der Waals surface area contributed by atoms with Crippen molar-refractivity contribution in [3.63, 3.8) is 0 Å². The van der Waals surface area contributed by atoms with Gasteiger partial charge in [0.2, 0.25) is 5.91 Å². The van der Waals surface area contributed by atoms with E-state index in [0.29, 0.717) is 26.2 Å². The Balaban J connectivity index is 1.79. The van der Waals surface area contributed by atoms with Gasteiger partial charge in [0.25, 0.3) is 0 Å². The molecule has 2 aliphatic rings. The lowest BCUT2D eigenvalue weighted by atomic mass is 9.85. The third-order valence-electron chi connectivity index (χ3n) is 3.74. The summed E-state index contributed by atoms with van der Waals surface area (Å²) in [5.41, 5.74) is -1.27. The van der Waals surface area contributed by atoms with Gasteiger partial charge in [-0.05, 0) is 6.07 Å². The minimum absolute atomic E-state index is 0.0881. The number of carbonyl (C=O) groups excluding carboxylic acids is 1. The second-order valence-electron chi connectivity index (χ2n) is 5.36. The molecule has 9 heteroatoms. The number of rotatable bonds is 1. The summed E-state index contributed by atoms with van der Waals surface area (Å²) in [5, 5.41) is 13.1. The van der Waals surface area contributed by atoms with E-state index in [2.05, 4.69) is 20.8 Å². The lowest BCUT2D eigenvalue weighted by Crippen LogP contribution is -2.70. The van der Waals surface area contributed by atoms with Gasteiger partial charge < -0.3 is 15.5 Å². The fraction of sp³-hybridized carbons (Fsp3) is 0.583. The maximum absolute atomic E-state index is 13.0. The number of alkyl halides is 3. The van der Waals surface area contributed by atoms with Crippen LogP contribution >= 0.6 is 0 Å². The molecule has 2 N–H and O–H groups in total. The van der Waals surface area contributed by atoms with E-state index in [1.807, 2.05) is 0 Å². The van der Waals surface area contributed by atoms with E-state index in [9.17, 15) is 18.0 Å². The SMILES string of the molecule is O=C1CC2(CN(c3nnccc3C(F)(F)F)C2)NCCN1. The molecular weight excluding hydrogens is 287 g/mol. The van der Waals surface area contributed by atoms with Gasteiger partial charge in [0.1, 0.15) is 5.56 Å². The highest BCUT2D eigenvalue weighted by Crippen LogP contribution is 2.38. The van der Waals surface area contributed by atoms with Crippen LogP contribution in [0.15, 0.2) is 12.3 Å². The van der Waals surface area contributed by atoms with Crippen LogP contribution in [0.5, 0.6) is 0 Å². The zero-order valence-corrected chi connectivity index (χ0v) is 11.1. The fourth-order valence-corrected chi connectivity index (χ4v) is 2.80. The minimum atomic E-state index is -4.47. The van der Waals surface area contributed by atoms with Crippen LogP contribution in [0.4, 0.5) is 19.0 Å². The van der Waals surface area contributed by atoms with E-state index in [0.717, 1.165) is 12.3 Å². The van der Waals surface area contributed by atoms with Crippen molar-refractivity contribution >= 4 is 11.7 Å². The Bertz CT molecular complexity index is 556. The third kappa shape index (κ3) is 2.65. The van der Waals surface area contributed by atoms with Gasteiger partial charge in [0, 0.05) is 32.6 Å². The second kappa shape index (κ2) is 4.83. The molecule has 1 spiro atoms. The zero-order chi connectivity index (χ0) is 15.1. The van der Waals surface area contributed by atoms with Crippen molar-refractivity contribution in [1.82, 2.24) is 20.8 Å². The Morgan fingerprint density at radius 1 is 1.29 bits per heavy atom. The topological polar surface area (TPSA) is 70.2 Å². The second-order valence-corrected chi connectivity index (χ2v) is 5.36. The molecule has 0 aromatic carbocycles. The first kappa shape index (κ1) is 14.1. The highest BCUT2D eigenvalue weighted by Gasteiger charge is 2.48. The molecule has 1 aromatic rings. The van der Waals surface area contributed by atoms with Gasteiger partial charge in [0.05, 0.1) is 11.7 Å². The van der Waals surface area contributed by atoms with Crippen LogP contribution < -0.4 is 15.5 Å². The average Bonchev–Trinajstić information content (AvgIpc) is 2.58. The van der Waals surface area contributed by atoms with Gasteiger partial charge >= 0.3 is 6.18 Å². The Labute approximate surface area is 118 Å². The first-order valence-electron chi connectivity index (χ1n) is 6.55. The minimum Gasteiger partial charge on any atom is -0.355 e. The summed E-state index contributed by atoms with van der Waals surface area (Å²) in [6.45, 7) is 1.75. The van der Waals surface area contributed by atoms with Crippen molar-refractivity contribution in [2.24, 2.45) is 0 Å². The van der Waals surface area contributed by atoms with Crippen molar-refractivity contribution in [3.8, 4) is 0 Å². The molecule has 0 saturated carbocycles. The largest absolute Gasteiger partial charge is 0.420 e. The summed E-state index contributed by atoms with van der Waals surface area (Å²) in [6.07, 6.45) is -3.19. The standard InChI is InChI=1S/C12H14F3N5O/c13-12(14,15)8-1-2-18-19-10(8)20-6-11(7-20)5-9(21)16-3-4-17-11/h1-2,17H,3-7H2,(H,16,21). The van der Waals surface area contributed by atoms with Crippen LogP contribution in [0.3, 0.4) is 0 Å². The smallest absolute Gasteiger partial charge is 0.355 e. The molecule has 114 valence electrons. The van der Waals surface area contributed by atoms with Gasteiger partial charge in [0.15, 0.2) is 5.82 Å². The van der Waals surface area contributed by atoms with E-state index < -0.39 is 17.3 Å². The van der Waals surface area contributed by atoms with Gasteiger partial charge in [-0.25, -0.2) is 0 Å². The Hall–Kier alpha value is -1.90. The van der Waals surface area contributed by atoms with Crippen LogP contribution in [-0.4, -0.2) is 47.8 Å². The number of nitrogens with zero attached hydrogens (tertiary/aromatic N) is 3. The van der Waals surface area contributed by atoms with Gasteiger partial charge in [-0.15, -0.1) is 5.10 Å². The molecule has 21 heavy (non-hydrogen) atoms. The number of anilines is 1. The number of aromatic nitrogens is 2. The molecular formula is C12H14F3N5O. The quantitative estimate of drug-likeness (QED) is 0.773. The Kier molecular flexibility index (Phi) is 3.23. The zero-order valence-electron chi connectivity index (χ0n) is 11.1. The van der Waals surface area contributed by atoms with E-state index in [1.54, 1.807) is 0 Å². The predicted octanol–water partition coefficient (Wildman–Crippen LogP) is 0.164. The number of amides is 1. The first-order chi connectivity index (χ1) is 9.90. The molecule has 0 bridgehead atoms. The van der Waals surface area contributed by atoms with Crippen molar-refractivity contribution in [1.29, 1.82) is 0 Å². The van der Waals surface area contributed by atoms with Crippen LogP contribution in [0, 0.1) is 0 Å². The molecule has 0 unspecified atom stereocenters. The molecule has 0 atom stereocenters. The summed E-state index contributed by atoms with van der Waals surface area (Å²) >= 11 is 0. The highest BCUT2D eigenvalue weighted by molar-refractivity contribution is 5.78. The molecule has 2 fully saturated rings.